The predicted octanol–water partition coefficient (Wildman–Crippen LogP) is 1.89. The summed E-state index contributed by atoms with van der Waals surface area (Å²) in [6, 6.07) is 4.01. The minimum atomic E-state index is -0.980. The van der Waals surface area contributed by atoms with Gasteiger partial charge < -0.3 is 15.0 Å². The van der Waals surface area contributed by atoms with Crippen molar-refractivity contribution < 1.29 is 9.53 Å². The average molecular weight is 279 g/mol. The summed E-state index contributed by atoms with van der Waals surface area (Å²) < 4.78 is 6.70. The summed E-state index contributed by atoms with van der Waals surface area (Å²) in [5.74, 6) is 0.501. The van der Waals surface area contributed by atoms with Crippen molar-refractivity contribution in [2.75, 3.05) is 7.11 Å². The van der Waals surface area contributed by atoms with Gasteiger partial charge in [-0.05, 0) is 24.8 Å². The number of nitrogens with two attached hydrogens (primary N) is 1. The van der Waals surface area contributed by atoms with Crippen molar-refractivity contribution >= 4 is 17.3 Å². The molecule has 0 amide bonds. The smallest absolute Gasteiger partial charge is 0.325 e. The Balaban J connectivity index is 2.09. The number of hydrogen-bond acceptors (Lipinski definition) is 5. The summed E-state index contributed by atoms with van der Waals surface area (Å²) in [4.78, 5) is 17.0. The van der Waals surface area contributed by atoms with Crippen molar-refractivity contribution in [2.45, 2.75) is 25.4 Å². The van der Waals surface area contributed by atoms with Gasteiger partial charge >= 0.3 is 5.97 Å². The first-order chi connectivity index (χ1) is 9.04. The van der Waals surface area contributed by atoms with Gasteiger partial charge in [0.25, 0.3) is 0 Å². The summed E-state index contributed by atoms with van der Waals surface area (Å²) >= 11 is 1.63. The number of esters is 1. The Morgan fingerprint density at radius 1 is 1.63 bits per heavy atom. The lowest BCUT2D eigenvalue weighted by Gasteiger charge is -2.21. The number of aromatic nitrogens is 2. The van der Waals surface area contributed by atoms with Crippen molar-refractivity contribution in [3.05, 3.63) is 29.9 Å². The molecule has 2 N–H and O–H groups in total. The minimum Gasteiger partial charge on any atom is -0.468 e. The Kier molecular flexibility index (Phi) is 4.01. The standard InChI is InChI=1S/C13H17N3O2S/c1-13(14,12(17)18-2)5-7-16-8-6-15-11(16)10-4-3-9-19-10/h3-4,6,8-9H,5,7,14H2,1-2H3. The van der Waals surface area contributed by atoms with Gasteiger partial charge in [0.1, 0.15) is 11.4 Å². The van der Waals surface area contributed by atoms with E-state index in [9.17, 15) is 4.79 Å². The highest BCUT2D eigenvalue weighted by Gasteiger charge is 2.29. The Bertz CT molecular complexity index is 546. The molecule has 19 heavy (non-hydrogen) atoms. The molecule has 0 spiro atoms. The van der Waals surface area contributed by atoms with Crippen LogP contribution in [0.25, 0.3) is 10.7 Å². The summed E-state index contributed by atoms with van der Waals surface area (Å²) in [7, 11) is 1.35. The van der Waals surface area contributed by atoms with Crippen LogP contribution in [0.3, 0.4) is 0 Å². The Labute approximate surface area is 116 Å². The Morgan fingerprint density at radius 3 is 3.05 bits per heavy atom. The van der Waals surface area contributed by atoms with Gasteiger partial charge in [-0.25, -0.2) is 4.98 Å². The Morgan fingerprint density at radius 2 is 2.42 bits per heavy atom. The molecule has 0 saturated heterocycles. The summed E-state index contributed by atoms with van der Waals surface area (Å²) in [6.07, 6.45) is 4.14. The largest absolute Gasteiger partial charge is 0.468 e. The van der Waals surface area contributed by atoms with Gasteiger partial charge in [-0.2, -0.15) is 0 Å². The molecule has 0 bridgehead atoms. The first-order valence-corrected chi connectivity index (χ1v) is 6.85. The highest BCUT2D eigenvalue weighted by molar-refractivity contribution is 7.13. The fourth-order valence-corrected chi connectivity index (χ4v) is 2.54. The van der Waals surface area contributed by atoms with E-state index in [-0.39, 0.29) is 0 Å². The average Bonchev–Trinajstić information content (AvgIpc) is 3.05. The number of nitrogens with zero attached hydrogens (tertiary/aromatic N) is 2. The fraction of sp³-hybridized carbons (Fsp3) is 0.385. The van der Waals surface area contributed by atoms with E-state index < -0.39 is 11.5 Å². The van der Waals surface area contributed by atoms with Crippen LogP contribution in [0, 0.1) is 0 Å². The van der Waals surface area contributed by atoms with E-state index in [1.165, 1.54) is 7.11 Å². The zero-order chi connectivity index (χ0) is 13.9. The highest BCUT2D eigenvalue weighted by atomic mass is 32.1. The van der Waals surface area contributed by atoms with Crippen molar-refractivity contribution in [3.8, 4) is 10.7 Å². The molecule has 0 fully saturated rings. The third-order valence-corrected chi connectivity index (χ3v) is 3.85. The van der Waals surface area contributed by atoms with Gasteiger partial charge in [-0.3, -0.25) is 4.79 Å². The van der Waals surface area contributed by atoms with E-state index in [0.717, 1.165) is 10.7 Å². The molecule has 0 aliphatic heterocycles. The molecule has 6 heteroatoms. The molecule has 0 aliphatic carbocycles. The van der Waals surface area contributed by atoms with E-state index in [1.807, 2.05) is 28.3 Å². The fourth-order valence-electron chi connectivity index (χ4n) is 1.81. The lowest BCUT2D eigenvalue weighted by molar-refractivity contribution is -0.146. The molecule has 102 valence electrons. The van der Waals surface area contributed by atoms with E-state index in [2.05, 4.69) is 4.98 Å². The van der Waals surface area contributed by atoms with Crippen LogP contribution in [-0.4, -0.2) is 28.2 Å². The maximum Gasteiger partial charge on any atom is 0.325 e. The predicted molar refractivity (Wildman–Crippen MR) is 74.8 cm³/mol. The summed E-state index contributed by atoms with van der Waals surface area (Å²) in [5.41, 5.74) is 4.97. The van der Waals surface area contributed by atoms with E-state index in [1.54, 1.807) is 24.5 Å². The molecular formula is C13H17N3O2S. The van der Waals surface area contributed by atoms with Gasteiger partial charge in [0.05, 0.1) is 12.0 Å². The molecule has 0 aromatic carbocycles. The maximum absolute atomic E-state index is 11.5. The number of carbonyl (C=O) groups excluding carboxylic acids is 1. The van der Waals surface area contributed by atoms with Gasteiger partial charge in [0, 0.05) is 18.9 Å². The zero-order valence-corrected chi connectivity index (χ0v) is 11.8. The van der Waals surface area contributed by atoms with E-state index in [4.69, 9.17) is 10.5 Å². The lowest BCUT2D eigenvalue weighted by atomic mass is 10.00. The molecule has 2 rings (SSSR count). The molecule has 0 radical (unpaired) electrons. The minimum absolute atomic E-state index is 0.398. The van der Waals surface area contributed by atoms with Crippen LogP contribution in [0.5, 0.6) is 0 Å². The number of aryl methyl sites for hydroxylation is 1. The van der Waals surface area contributed by atoms with E-state index >= 15 is 0 Å². The van der Waals surface area contributed by atoms with Crippen LogP contribution >= 0.6 is 11.3 Å². The SMILES string of the molecule is COC(=O)C(C)(N)CCn1ccnc1-c1cccs1. The van der Waals surface area contributed by atoms with Crippen molar-refractivity contribution in [3.63, 3.8) is 0 Å². The lowest BCUT2D eigenvalue weighted by Crippen LogP contribution is -2.46. The molecule has 2 heterocycles. The first-order valence-electron chi connectivity index (χ1n) is 5.97. The van der Waals surface area contributed by atoms with Crippen LogP contribution in [0.2, 0.25) is 0 Å². The molecule has 1 atom stereocenters. The van der Waals surface area contributed by atoms with Gasteiger partial charge in [-0.15, -0.1) is 11.3 Å². The number of thiophene rings is 1. The number of carbonyl (C=O) groups is 1. The van der Waals surface area contributed by atoms with Crippen molar-refractivity contribution in [1.29, 1.82) is 0 Å². The van der Waals surface area contributed by atoms with Crippen molar-refractivity contribution in [1.82, 2.24) is 9.55 Å². The number of rotatable bonds is 5. The topological polar surface area (TPSA) is 70.1 Å². The number of imidazole rings is 1. The monoisotopic (exact) mass is 279 g/mol. The second-order valence-electron chi connectivity index (χ2n) is 4.58. The van der Waals surface area contributed by atoms with Crippen LogP contribution in [-0.2, 0) is 16.1 Å². The number of hydrogen-bond donors (Lipinski definition) is 1. The molecule has 0 saturated carbocycles. The third-order valence-electron chi connectivity index (χ3n) is 2.98. The Hall–Kier alpha value is -1.66. The molecule has 1 unspecified atom stereocenters. The second kappa shape index (κ2) is 5.54. The molecule has 2 aromatic rings. The molecule has 2 aromatic heterocycles. The van der Waals surface area contributed by atoms with Crippen molar-refractivity contribution in [2.24, 2.45) is 5.73 Å². The van der Waals surface area contributed by atoms with E-state index in [0.29, 0.717) is 13.0 Å². The summed E-state index contributed by atoms with van der Waals surface area (Å²) in [6.45, 7) is 2.30. The quantitative estimate of drug-likeness (QED) is 0.849. The molecule has 0 aliphatic rings. The number of methoxy groups -OCH3 is 1. The maximum atomic E-state index is 11.5. The first kappa shape index (κ1) is 13.8. The third kappa shape index (κ3) is 3.02. The second-order valence-corrected chi connectivity index (χ2v) is 5.53. The van der Waals surface area contributed by atoms with Crippen LogP contribution in [0.15, 0.2) is 29.9 Å². The van der Waals surface area contributed by atoms with Crippen LogP contribution < -0.4 is 5.73 Å². The molecule has 5 nitrogen and oxygen atoms in total. The van der Waals surface area contributed by atoms with Gasteiger partial charge in [0.15, 0.2) is 0 Å². The van der Waals surface area contributed by atoms with Gasteiger partial charge in [-0.1, -0.05) is 6.07 Å². The number of ether oxygens (including phenoxy) is 1. The highest BCUT2D eigenvalue weighted by Crippen LogP contribution is 2.23. The molecular weight excluding hydrogens is 262 g/mol. The van der Waals surface area contributed by atoms with Crippen LogP contribution in [0.1, 0.15) is 13.3 Å². The summed E-state index contributed by atoms with van der Waals surface area (Å²) in [5, 5.41) is 2.01. The van der Waals surface area contributed by atoms with Gasteiger partial charge in [0.2, 0.25) is 0 Å². The normalized spacial score (nSPS) is 14.1. The van der Waals surface area contributed by atoms with Crippen LogP contribution in [0.4, 0.5) is 0 Å². The zero-order valence-electron chi connectivity index (χ0n) is 11.0.